The van der Waals surface area contributed by atoms with Crippen molar-refractivity contribution in [2.75, 3.05) is 6.54 Å². The number of rotatable bonds is 2. The second-order valence-corrected chi connectivity index (χ2v) is 4.72. The van der Waals surface area contributed by atoms with Crippen LogP contribution >= 0.6 is 0 Å². The minimum atomic E-state index is -1.06. The number of fused-ring (bicyclic) bond motifs is 1. The lowest BCUT2D eigenvalue weighted by Crippen LogP contribution is -2.25. The largest absolute Gasteiger partial charge is 0.475 e. The fourth-order valence-corrected chi connectivity index (χ4v) is 1.94. The normalized spacial score (nSPS) is 17.2. The molecule has 0 aliphatic heterocycles. The third kappa shape index (κ3) is 2.29. The van der Waals surface area contributed by atoms with Crippen molar-refractivity contribution in [2.24, 2.45) is 11.1 Å². The molecule has 1 aromatic rings. The molecule has 4 N–H and O–H groups in total. The van der Waals surface area contributed by atoms with Crippen LogP contribution in [-0.2, 0) is 0 Å². The number of allylic oxidation sites excluding steroid dienone is 1. The SMILES string of the molecule is CC1(C)C=C(CN)C=c2[nH]c(C(=O)O)nc2=C1. The second-order valence-electron chi connectivity index (χ2n) is 4.72. The summed E-state index contributed by atoms with van der Waals surface area (Å²) in [5.74, 6) is -1.10. The van der Waals surface area contributed by atoms with E-state index in [2.05, 4.69) is 16.0 Å². The molecule has 0 saturated carbocycles. The zero-order chi connectivity index (χ0) is 12.6. The molecule has 0 bridgehead atoms. The van der Waals surface area contributed by atoms with Crippen LogP contribution < -0.4 is 16.4 Å². The Bertz CT molecular complexity index is 608. The molecule has 0 unspecified atom stereocenters. The minimum Gasteiger partial charge on any atom is -0.475 e. The Hall–Kier alpha value is -1.88. The number of nitrogens with one attached hydrogen (secondary N) is 1. The van der Waals surface area contributed by atoms with Gasteiger partial charge in [-0.3, -0.25) is 0 Å². The highest BCUT2D eigenvalue weighted by molar-refractivity contribution is 5.83. The summed E-state index contributed by atoms with van der Waals surface area (Å²) >= 11 is 0. The van der Waals surface area contributed by atoms with Crippen LogP contribution in [0.1, 0.15) is 24.5 Å². The maximum absolute atomic E-state index is 10.9. The lowest BCUT2D eigenvalue weighted by atomic mass is 9.91. The Balaban J connectivity index is 2.71. The monoisotopic (exact) mass is 233 g/mol. The molecule has 0 radical (unpaired) electrons. The number of nitrogens with two attached hydrogens (primary N) is 1. The predicted octanol–water partition coefficient (Wildman–Crippen LogP) is -0.406. The number of hydrogen-bond acceptors (Lipinski definition) is 3. The van der Waals surface area contributed by atoms with Gasteiger partial charge in [0.2, 0.25) is 5.82 Å². The summed E-state index contributed by atoms with van der Waals surface area (Å²) in [6.45, 7) is 4.47. The minimum absolute atomic E-state index is 0.0448. The average Bonchev–Trinajstić information content (AvgIpc) is 2.54. The van der Waals surface area contributed by atoms with Gasteiger partial charge in [0, 0.05) is 12.0 Å². The van der Waals surface area contributed by atoms with E-state index in [1.807, 2.05) is 26.0 Å². The number of hydrogen-bond donors (Lipinski definition) is 3. The maximum Gasteiger partial charge on any atom is 0.371 e. The van der Waals surface area contributed by atoms with Crippen molar-refractivity contribution in [3.8, 4) is 0 Å². The van der Waals surface area contributed by atoms with Crippen molar-refractivity contribution in [3.05, 3.63) is 28.2 Å². The highest BCUT2D eigenvalue weighted by Gasteiger charge is 2.16. The fraction of sp³-hybridized carbons (Fsp3) is 0.333. The molecule has 17 heavy (non-hydrogen) atoms. The zero-order valence-electron chi connectivity index (χ0n) is 9.82. The van der Waals surface area contributed by atoms with E-state index in [1.165, 1.54) is 0 Å². The van der Waals surface area contributed by atoms with Crippen molar-refractivity contribution in [1.29, 1.82) is 0 Å². The van der Waals surface area contributed by atoms with Crippen LogP contribution in [0.15, 0.2) is 11.6 Å². The first kappa shape index (κ1) is 11.6. The van der Waals surface area contributed by atoms with Gasteiger partial charge >= 0.3 is 5.97 Å². The van der Waals surface area contributed by atoms with Gasteiger partial charge in [-0.15, -0.1) is 0 Å². The van der Waals surface area contributed by atoms with E-state index < -0.39 is 5.97 Å². The molecular formula is C12H15N3O2. The Morgan fingerprint density at radius 2 is 2.24 bits per heavy atom. The summed E-state index contributed by atoms with van der Waals surface area (Å²) in [5, 5.41) is 10.3. The fourth-order valence-electron chi connectivity index (χ4n) is 1.94. The van der Waals surface area contributed by atoms with Crippen LogP contribution in [0.4, 0.5) is 0 Å². The number of H-pyrrole nitrogens is 1. The first-order chi connectivity index (χ1) is 7.91. The van der Waals surface area contributed by atoms with E-state index in [0.717, 1.165) is 5.57 Å². The van der Waals surface area contributed by atoms with Gasteiger partial charge in [-0.05, 0) is 17.7 Å². The summed E-state index contributed by atoms with van der Waals surface area (Å²) in [5.41, 5.74) is 6.42. The molecule has 1 aliphatic carbocycles. The Morgan fingerprint density at radius 1 is 1.53 bits per heavy atom. The highest BCUT2D eigenvalue weighted by atomic mass is 16.4. The standard InChI is InChI=1S/C12H15N3O2/c1-12(2)4-7(6-13)3-8-9(5-12)15-10(14-8)11(16)17/h3-5H,6,13H2,1-2H3,(H,14,15)(H,16,17). The molecule has 0 amide bonds. The lowest BCUT2D eigenvalue weighted by Gasteiger charge is -2.14. The molecular weight excluding hydrogens is 218 g/mol. The van der Waals surface area contributed by atoms with Gasteiger partial charge in [0.15, 0.2) is 0 Å². The molecule has 5 heteroatoms. The van der Waals surface area contributed by atoms with Crippen molar-refractivity contribution < 1.29 is 9.90 Å². The molecule has 1 heterocycles. The van der Waals surface area contributed by atoms with E-state index in [-0.39, 0.29) is 11.2 Å². The first-order valence-electron chi connectivity index (χ1n) is 5.37. The summed E-state index contributed by atoms with van der Waals surface area (Å²) < 4.78 is 0. The molecule has 0 aromatic carbocycles. The first-order valence-corrected chi connectivity index (χ1v) is 5.37. The number of carboxylic acid groups (broad SMARTS) is 1. The third-order valence-electron chi connectivity index (χ3n) is 2.60. The molecule has 90 valence electrons. The number of imidazole rings is 1. The summed E-state index contributed by atoms with van der Waals surface area (Å²) in [4.78, 5) is 17.7. The van der Waals surface area contributed by atoms with Crippen LogP contribution in [0, 0.1) is 5.41 Å². The van der Waals surface area contributed by atoms with E-state index in [0.29, 0.717) is 17.2 Å². The van der Waals surface area contributed by atoms with Gasteiger partial charge in [-0.2, -0.15) is 0 Å². The van der Waals surface area contributed by atoms with Gasteiger partial charge in [-0.25, -0.2) is 9.78 Å². The van der Waals surface area contributed by atoms with Crippen molar-refractivity contribution >= 4 is 18.1 Å². The molecule has 0 fully saturated rings. The van der Waals surface area contributed by atoms with E-state index >= 15 is 0 Å². The topological polar surface area (TPSA) is 92.0 Å². The van der Waals surface area contributed by atoms with E-state index in [4.69, 9.17) is 10.8 Å². The molecule has 5 nitrogen and oxygen atoms in total. The summed E-state index contributed by atoms with van der Waals surface area (Å²) in [7, 11) is 0. The molecule has 2 rings (SSSR count). The van der Waals surface area contributed by atoms with Gasteiger partial charge in [-0.1, -0.05) is 19.9 Å². The second kappa shape index (κ2) is 3.85. The van der Waals surface area contributed by atoms with Gasteiger partial charge in [0.05, 0.1) is 10.7 Å². The average molecular weight is 233 g/mol. The molecule has 0 atom stereocenters. The number of aromatic amines is 1. The number of aromatic nitrogens is 2. The Morgan fingerprint density at radius 3 is 2.82 bits per heavy atom. The third-order valence-corrected chi connectivity index (χ3v) is 2.60. The molecule has 0 saturated heterocycles. The molecule has 1 aromatic heterocycles. The van der Waals surface area contributed by atoms with Crippen LogP contribution in [0.5, 0.6) is 0 Å². The van der Waals surface area contributed by atoms with Crippen LogP contribution in [0.3, 0.4) is 0 Å². The number of nitrogens with zero attached hydrogens (tertiary/aromatic N) is 1. The molecule has 0 spiro atoms. The lowest BCUT2D eigenvalue weighted by molar-refractivity contribution is 0.0684. The Labute approximate surface area is 98.4 Å². The summed E-state index contributed by atoms with van der Waals surface area (Å²) in [6.07, 6.45) is 5.84. The summed E-state index contributed by atoms with van der Waals surface area (Å²) in [6, 6.07) is 0. The van der Waals surface area contributed by atoms with E-state index in [1.54, 1.807) is 0 Å². The number of carbonyl (C=O) groups is 1. The predicted molar refractivity (Wildman–Crippen MR) is 64.6 cm³/mol. The number of aromatic carboxylic acids is 1. The van der Waals surface area contributed by atoms with E-state index in [9.17, 15) is 4.79 Å². The molecule has 1 aliphatic rings. The smallest absolute Gasteiger partial charge is 0.371 e. The van der Waals surface area contributed by atoms with Crippen molar-refractivity contribution in [1.82, 2.24) is 9.97 Å². The van der Waals surface area contributed by atoms with Crippen molar-refractivity contribution in [3.63, 3.8) is 0 Å². The van der Waals surface area contributed by atoms with Gasteiger partial charge in [0.1, 0.15) is 0 Å². The van der Waals surface area contributed by atoms with Gasteiger partial charge in [0.25, 0.3) is 0 Å². The Kier molecular flexibility index (Phi) is 2.63. The van der Waals surface area contributed by atoms with Crippen molar-refractivity contribution in [2.45, 2.75) is 13.8 Å². The van der Waals surface area contributed by atoms with Crippen LogP contribution in [-0.4, -0.2) is 27.6 Å². The highest BCUT2D eigenvalue weighted by Crippen LogP contribution is 2.22. The maximum atomic E-state index is 10.9. The van der Waals surface area contributed by atoms with Gasteiger partial charge < -0.3 is 15.8 Å². The zero-order valence-corrected chi connectivity index (χ0v) is 9.82. The van der Waals surface area contributed by atoms with Crippen LogP contribution in [0.25, 0.3) is 12.2 Å². The number of carboxylic acids is 1. The quantitative estimate of drug-likeness (QED) is 0.647. The van der Waals surface area contributed by atoms with Crippen LogP contribution in [0.2, 0.25) is 0 Å².